The lowest BCUT2D eigenvalue weighted by Crippen LogP contribution is -2.61. The Labute approximate surface area is 241 Å². The summed E-state index contributed by atoms with van der Waals surface area (Å²) < 4.78 is 5.40. The number of carbonyl (C=O) groups excluding carboxylic acids is 3. The Balaban J connectivity index is 1.38. The molecule has 4 N–H and O–H groups in total. The fourth-order valence-corrected chi connectivity index (χ4v) is 5.67. The van der Waals surface area contributed by atoms with Gasteiger partial charge in [0.15, 0.2) is 0 Å². The van der Waals surface area contributed by atoms with Gasteiger partial charge in [-0.1, -0.05) is 43.2 Å². The molecule has 1 aliphatic carbocycles. The highest BCUT2D eigenvalue weighted by molar-refractivity contribution is 7.98. The normalized spacial score (nSPS) is 17.5. The monoisotopic (exact) mass is 567 g/mol. The number of morpholine rings is 1. The van der Waals surface area contributed by atoms with Crippen LogP contribution in [0.15, 0.2) is 59.5 Å². The minimum atomic E-state index is -1.06. The van der Waals surface area contributed by atoms with E-state index >= 15 is 0 Å². The van der Waals surface area contributed by atoms with E-state index in [9.17, 15) is 14.4 Å². The number of benzene rings is 2. The zero-order valence-electron chi connectivity index (χ0n) is 23.2. The van der Waals surface area contributed by atoms with Crippen LogP contribution in [0.5, 0.6) is 0 Å². The predicted molar refractivity (Wildman–Crippen MR) is 159 cm³/mol. The summed E-state index contributed by atoms with van der Waals surface area (Å²) >= 11 is 1.63. The van der Waals surface area contributed by atoms with Crippen molar-refractivity contribution in [1.29, 1.82) is 0 Å². The molecule has 4 rings (SSSR count). The molecule has 0 spiro atoms. The van der Waals surface area contributed by atoms with Crippen molar-refractivity contribution in [3.63, 3.8) is 0 Å². The second kappa shape index (κ2) is 15.1. The molecule has 2 aromatic carbocycles. The van der Waals surface area contributed by atoms with Gasteiger partial charge in [0.1, 0.15) is 11.6 Å². The molecule has 1 atom stereocenters. The van der Waals surface area contributed by atoms with Crippen LogP contribution in [0.1, 0.15) is 37.7 Å². The Hall–Kier alpha value is -3.08. The topological polar surface area (TPSA) is 112 Å². The van der Waals surface area contributed by atoms with E-state index in [1.54, 1.807) is 11.8 Å². The molecule has 0 radical (unpaired) electrons. The molecule has 0 bridgehead atoms. The molecule has 2 fully saturated rings. The second-order valence-electron chi connectivity index (χ2n) is 10.4. The first-order chi connectivity index (χ1) is 19.5. The Bertz CT molecular complexity index is 1100. The molecule has 0 unspecified atom stereocenters. The molecule has 1 saturated heterocycles. The van der Waals surface area contributed by atoms with E-state index in [1.165, 1.54) is 0 Å². The molecule has 40 heavy (non-hydrogen) atoms. The van der Waals surface area contributed by atoms with Gasteiger partial charge in [0.25, 0.3) is 0 Å². The summed E-state index contributed by atoms with van der Waals surface area (Å²) in [6.45, 7) is 4.73. The van der Waals surface area contributed by atoms with Gasteiger partial charge in [-0.25, -0.2) is 4.79 Å². The van der Waals surface area contributed by atoms with Gasteiger partial charge in [-0.05, 0) is 61.9 Å². The Morgan fingerprint density at radius 1 is 1.00 bits per heavy atom. The quantitative estimate of drug-likeness (QED) is 0.231. The maximum atomic E-state index is 13.7. The van der Waals surface area contributed by atoms with Crippen LogP contribution in [0.4, 0.5) is 10.5 Å². The highest BCUT2D eigenvalue weighted by atomic mass is 32.2. The Kier molecular flexibility index (Phi) is 11.3. The minimum absolute atomic E-state index is 0.217. The summed E-state index contributed by atoms with van der Waals surface area (Å²) in [7, 11) is 0. The lowest BCUT2D eigenvalue weighted by atomic mass is 9.95. The van der Waals surface area contributed by atoms with E-state index in [-0.39, 0.29) is 11.8 Å². The van der Waals surface area contributed by atoms with Crippen molar-refractivity contribution < 1.29 is 19.1 Å². The third-order valence-electron chi connectivity index (χ3n) is 7.55. The standard InChI is InChI=1S/C30H41N5O4S/c1-40-25-12-10-24(11-13-25)32-29(38)34-30(14-5-6-15-30)28(37)33-26(22-23-8-3-2-4-9-23)27(36)31-16-7-17-35-18-20-39-21-19-35/h2-4,8-13,26H,5-7,14-22H2,1H3,(H,31,36)(H,33,37)(H2,32,34,38)/t26-/m1/s1. The van der Waals surface area contributed by atoms with Crippen LogP contribution in [0.2, 0.25) is 0 Å². The number of anilines is 1. The van der Waals surface area contributed by atoms with Crippen molar-refractivity contribution in [3.05, 3.63) is 60.2 Å². The first-order valence-corrected chi connectivity index (χ1v) is 15.4. The average molecular weight is 568 g/mol. The number of hydrogen-bond donors (Lipinski definition) is 4. The summed E-state index contributed by atoms with van der Waals surface area (Å²) in [4.78, 5) is 43.4. The van der Waals surface area contributed by atoms with Gasteiger partial charge in [-0.15, -0.1) is 11.8 Å². The van der Waals surface area contributed by atoms with Crippen LogP contribution < -0.4 is 21.3 Å². The van der Waals surface area contributed by atoms with Crippen molar-refractivity contribution in [2.45, 2.75) is 55.0 Å². The van der Waals surface area contributed by atoms with Gasteiger partial charge >= 0.3 is 6.03 Å². The summed E-state index contributed by atoms with van der Waals surface area (Å²) in [5.74, 6) is -0.534. The van der Waals surface area contributed by atoms with Gasteiger partial charge in [0.2, 0.25) is 11.8 Å². The minimum Gasteiger partial charge on any atom is -0.379 e. The van der Waals surface area contributed by atoms with Gasteiger partial charge in [-0.2, -0.15) is 0 Å². The zero-order valence-corrected chi connectivity index (χ0v) is 24.1. The molecule has 10 heteroatoms. The van der Waals surface area contributed by atoms with Crippen molar-refractivity contribution in [3.8, 4) is 0 Å². The molecule has 1 heterocycles. The summed E-state index contributed by atoms with van der Waals surface area (Å²) in [6.07, 6.45) is 5.88. The van der Waals surface area contributed by atoms with E-state index in [0.29, 0.717) is 31.5 Å². The van der Waals surface area contributed by atoms with Gasteiger partial charge < -0.3 is 26.0 Å². The predicted octanol–water partition coefficient (Wildman–Crippen LogP) is 3.41. The number of amides is 4. The second-order valence-corrected chi connectivity index (χ2v) is 11.3. The number of rotatable bonds is 12. The van der Waals surface area contributed by atoms with Crippen molar-refractivity contribution >= 4 is 35.3 Å². The highest BCUT2D eigenvalue weighted by Crippen LogP contribution is 2.30. The molecular formula is C30H41N5O4S. The maximum Gasteiger partial charge on any atom is 0.320 e. The van der Waals surface area contributed by atoms with Crippen molar-refractivity contribution in [2.24, 2.45) is 0 Å². The third kappa shape index (κ3) is 8.71. The fraction of sp³-hybridized carbons (Fsp3) is 0.500. The number of nitrogens with one attached hydrogen (secondary N) is 4. The van der Waals surface area contributed by atoms with Crippen molar-refractivity contribution in [1.82, 2.24) is 20.9 Å². The van der Waals surface area contributed by atoms with Crippen LogP contribution >= 0.6 is 11.8 Å². The summed E-state index contributed by atoms with van der Waals surface area (Å²) in [5, 5.41) is 11.8. The van der Waals surface area contributed by atoms with Gasteiger partial charge in [0, 0.05) is 36.6 Å². The van der Waals surface area contributed by atoms with Crippen LogP contribution in [-0.4, -0.2) is 80.0 Å². The van der Waals surface area contributed by atoms with E-state index < -0.39 is 17.6 Å². The van der Waals surface area contributed by atoms with Gasteiger partial charge in [-0.3, -0.25) is 14.5 Å². The molecular weight excluding hydrogens is 526 g/mol. The molecule has 0 aromatic heterocycles. The number of urea groups is 1. The number of nitrogens with zero attached hydrogens (tertiary/aromatic N) is 1. The summed E-state index contributed by atoms with van der Waals surface area (Å²) in [6, 6.07) is 16.0. The number of hydrogen-bond acceptors (Lipinski definition) is 6. The molecule has 216 valence electrons. The lowest BCUT2D eigenvalue weighted by Gasteiger charge is -2.31. The lowest BCUT2D eigenvalue weighted by molar-refractivity contribution is -0.132. The van der Waals surface area contributed by atoms with Crippen LogP contribution in [0.25, 0.3) is 0 Å². The Morgan fingerprint density at radius 2 is 1.70 bits per heavy atom. The molecule has 1 aliphatic heterocycles. The third-order valence-corrected chi connectivity index (χ3v) is 8.29. The Morgan fingerprint density at radius 3 is 2.38 bits per heavy atom. The molecule has 2 aromatic rings. The van der Waals surface area contributed by atoms with E-state index in [1.807, 2.05) is 60.9 Å². The van der Waals surface area contributed by atoms with Gasteiger partial charge in [0.05, 0.1) is 13.2 Å². The highest BCUT2D eigenvalue weighted by Gasteiger charge is 2.43. The summed E-state index contributed by atoms with van der Waals surface area (Å²) in [5.41, 5.74) is 0.549. The zero-order chi connectivity index (χ0) is 28.2. The number of carbonyl (C=O) groups is 3. The van der Waals surface area contributed by atoms with E-state index in [2.05, 4.69) is 26.2 Å². The van der Waals surface area contributed by atoms with E-state index in [0.717, 1.165) is 62.6 Å². The smallest absolute Gasteiger partial charge is 0.320 e. The molecule has 9 nitrogen and oxygen atoms in total. The number of thioether (sulfide) groups is 1. The van der Waals surface area contributed by atoms with Crippen LogP contribution in [0.3, 0.4) is 0 Å². The molecule has 4 amide bonds. The fourth-order valence-electron chi connectivity index (χ4n) is 5.26. The van der Waals surface area contributed by atoms with Crippen LogP contribution in [0, 0.1) is 0 Å². The SMILES string of the molecule is CSc1ccc(NC(=O)NC2(C(=O)N[C@H](Cc3ccccc3)C(=O)NCCCN3CCOCC3)CCCC2)cc1. The number of ether oxygens (including phenoxy) is 1. The van der Waals surface area contributed by atoms with Crippen molar-refractivity contribution in [2.75, 3.05) is 51.0 Å². The molecule has 2 aliphatic rings. The van der Waals surface area contributed by atoms with Crippen LogP contribution in [-0.2, 0) is 20.7 Å². The first-order valence-electron chi connectivity index (χ1n) is 14.1. The maximum absolute atomic E-state index is 13.7. The average Bonchev–Trinajstić information content (AvgIpc) is 3.46. The molecule has 1 saturated carbocycles. The first kappa shape index (κ1) is 29.9. The van der Waals surface area contributed by atoms with E-state index in [4.69, 9.17) is 4.74 Å². The largest absolute Gasteiger partial charge is 0.379 e.